The fraction of sp³-hybridized carbons (Fsp3) is 0.250. The van der Waals surface area contributed by atoms with Crippen molar-refractivity contribution >= 4 is 70.4 Å². The van der Waals surface area contributed by atoms with E-state index in [9.17, 15) is 27.6 Å². The molecule has 0 unspecified atom stereocenters. The van der Waals surface area contributed by atoms with Crippen LogP contribution in [0, 0.1) is 23.4 Å². The van der Waals surface area contributed by atoms with E-state index in [0.717, 1.165) is 6.07 Å². The molecule has 1 saturated heterocycles. The monoisotopic (exact) mass is 479 g/mol. The molecule has 32 heavy (non-hydrogen) atoms. The Morgan fingerprint density at radius 3 is 2.28 bits per heavy atom. The summed E-state index contributed by atoms with van der Waals surface area (Å²) >= 11 is 5.72. The molecule has 7 nitrogen and oxygen atoms in total. The Hall–Kier alpha value is -2.27. The number of amides is 3. The van der Waals surface area contributed by atoms with Crippen LogP contribution in [0.15, 0.2) is 30.3 Å². The van der Waals surface area contributed by atoms with E-state index in [4.69, 9.17) is 16.7 Å². The molecular formula is C20H18ClF3N3NaO4. The molecule has 2 aromatic rings. The number of carboxylic acid groups (broad SMARTS) is 1. The number of nitrogens with zero attached hydrogens (tertiary/aromatic N) is 1. The van der Waals surface area contributed by atoms with Gasteiger partial charge in [0.15, 0.2) is 11.6 Å². The van der Waals surface area contributed by atoms with Crippen molar-refractivity contribution < 1.29 is 32.7 Å². The molecule has 2 aromatic carbocycles. The van der Waals surface area contributed by atoms with Gasteiger partial charge in [0.25, 0.3) is 5.91 Å². The van der Waals surface area contributed by atoms with Crippen LogP contribution in [-0.4, -0.2) is 65.7 Å². The molecule has 0 spiro atoms. The third-order valence-electron chi connectivity index (χ3n) is 4.87. The molecule has 0 radical (unpaired) electrons. The molecule has 0 saturated carbocycles. The van der Waals surface area contributed by atoms with E-state index in [2.05, 4.69) is 5.32 Å². The number of carboxylic acids is 1. The number of anilines is 2. The SMILES string of the molecule is O=C(NC(=O)c1cc(F)c(F)cc1Cl)Nc1cc(F)ccc1N1CCC(C(=O)O)CC1.[NaH]. The van der Waals surface area contributed by atoms with Crippen molar-refractivity contribution in [2.75, 3.05) is 23.3 Å². The summed E-state index contributed by atoms with van der Waals surface area (Å²) in [5, 5.41) is 13.0. The third-order valence-corrected chi connectivity index (χ3v) is 5.19. The molecule has 166 valence electrons. The zero-order valence-corrected chi connectivity index (χ0v) is 16.7. The quantitative estimate of drug-likeness (QED) is 0.461. The van der Waals surface area contributed by atoms with Crippen LogP contribution in [0.2, 0.25) is 5.02 Å². The second kappa shape index (κ2) is 11.0. The molecule has 1 heterocycles. The molecule has 0 aromatic heterocycles. The number of halogens is 4. The third kappa shape index (κ3) is 6.16. The Morgan fingerprint density at radius 1 is 1.03 bits per heavy atom. The zero-order chi connectivity index (χ0) is 22.7. The van der Waals surface area contributed by atoms with Crippen LogP contribution in [0.3, 0.4) is 0 Å². The number of piperidine rings is 1. The Balaban J connectivity index is 0.00000363. The summed E-state index contributed by atoms with van der Waals surface area (Å²) in [6, 6.07) is 3.79. The van der Waals surface area contributed by atoms with Gasteiger partial charge in [0.2, 0.25) is 0 Å². The summed E-state index contributed by atoms with van der Waals surface area (Å²) < 4.78 is 40.3. The van der Waals surface area contributed by atoms with Crippen molar-refractivity contribution in [3.63, 3.8) is 0 Å². The molecule has 0 aliphatic carbocycles. The maximum atomic E-state index is 13.8. The van der Waals surface area contributed by atoms with Crippen LogP contribution < -0.4 is 15.5 Å². The van der Waals surface area contributed by atoms with Gasteiger partial charge in [-0.05, 0) is 43.2 Å². The average Bonchev–Trinajstić information content (AvgIpc) is 2.70. The summed E-state index contributed by atoms with van der Waals surface area (Å²) in [6.45, 7) is 0.755. The van der Waals surface area contributed by atoms with Gasteiger partial charge in [-0.15, -0.1) is 0 Å². The number of imide groups is 1. The number of urea groups is 1. The van der Waals surface area contributed by atoms with Gasteiger partial charge in [0, 0.05) is 13.1 Å². The first-order valence-electron chi connectivity index (χ1n) is 9.20. The summed E-state index contributed by atoms with van der Waals surface area (Å²) in [4.78, 5) is 37.4. The van der Waals surface area contributed by atoms with Gasteiger partial charge in [0.1, 0.15) is 5.82 Å². The molecule has 0 atom stereocenters. The van der Waals surface area contributed by atoms with Crippen molar-refractivity contribution in [1.29, 1.82) is 0 Å². The van der Waals surface area contributed by atoms with Gasteiger partial charge in [-0.3, -0.25) is 14.9 Å². The predicted molar refractivity (Wildman–Crippen MR) is 114 cm³/mol. The van der Waals surface area contributed by atoms with E-state index in [-0.39, 0.29) is 35.2 Å². The van der Waals surface area contributed by atoms with Crippen molar-refractivity contribution in [2.45, 2.75) is 12.8 Å². The number of carbonyl (C=O) groups is 3. The van der Waals surface area contributed by atoms with Gasteiger partial charge >= 0.3 is 41.6 Å². The second-order valence-electron chi connectivity index (χ2n) is 6.92. The summed E-state index contributed by atoms with van der Waals surface area (Å²) in [7, 11) is 0. The molecule has 3 N–H and O–H groups in total. The standard InChI is InChI=1S/C20H17ClF3N3O4.Na.H/c21-13-9-15(24)14(23)8-12(13)18(28)26-20(31)25-16-7-11(22)1-2-17(16)27-5-3-10(4-6-27)19(29)30;;/h1-2,7-10H,3-6H2,(H,29,30)(H2,25,26,28,31);;. The van der Waals surface area contributed by atoms with Crippen LogP contribution >= 0.6 is 11.6 Å². The molecule has 1 aliphatic rings. The van der Waals surface area contributed by atoms with E-state index < -0.39 is 51.9 Å². The van der Waals surface area contributed by atoms with E-state index in [1.807, 2.05) is 5.32 Å². The summed E-state index contributed by atoms with van der Waals surface area (Å²) in [6.07, 6.45) is 0.761. The van der Waals surface area contributed by atoms with Crippen LogP contribution in [0.5, 0.6) is 0 Å². The van der Waals surface area contributed by atoms with Gasteiger partial charge < -0.3 is 15.3 Å². The first kappa shape index (κ1) is 26.0. The normalized spacial score (nSPS) is 13.8. The molecule has 0 bridgehead atoms. The van der Waals surface area contributed by atoms with Crippen LogP contribution in [0.1, 0.15) is 23.2 Å². The van der Waals surface area contributed by atoms with Crippen molar-refractivity contribution in [1.82, 2.24) is 5.32 Å². The number of rotatable bonds is 4. The molecule has 1 aliphatic heterocycles. The average molecular weight is 480 g/mol. The van der Waals surface area contributed by atoms with E-state index in [1.54, 1.807) is 4.90 Å². The minimum atomic E-state index is -1.31. The molecule has 3 amide bonds. The zero-order valence-electron chi connectivity index (χ0n) is 15.9. The Bertz CT molecular complexity index is 1050. The van der Waals surface area contributed by atoms with Crippen molar-refractivity contribution in [3.8, 4) is 0 Å². The Kier molecular flexibility index (Phi) is 8.97. The number of nitrogens with one attached hydrogen (secondary N) is 2. The van der Waals surface area contributed by atoms with E-state index in [0.29, 0.717) is 43.8 Å². The van der Waals surface area contributed by atoms with Crippen LogP contribution in [0.25, 0.3) is 0 Å². The number of aliphatic carboxylic acids is 1. The number of hydrogen-bond acceptors (Lipinski definition) is 4. The van der Waals surface area contributed by atoms with Gasteiger partial charge in [0.05, 0.1) is 27.9 Å². The van der Waals surface area contributed by atoms with Crippen molar-refractivity contribution in [2.24, 2.45) is 5.92 Å². The topological polar surface area (TPSA) is 98.7 Å². The van der Waals surface area contributed by atoms with Crippen LogP contribution in [0.4, 0.5) is 29.3 Å². The van der Waals surface area contributed by atoms with Gasteiger partial charge in [-0.2, -0.15) is 0 Å². The van der Waals surface area contributed by atoms with Crippen molar-refractivity contribution in [3.05, 3.63) is 58.4 Å². The number of carbonyl (C=O) groups excluding carboxylic acids is 2. The van der Waals surface area contributed by atoms with E-state index >= 15 is 0 Å². The number of benzene rings is 2. The molecular weight excluding hydrogens is 462 g/mol. The molecule has 1 fully saturated rings. The van der Waals surface area contributed by atoms with Crippen LogP contribution in [-0.2, 0) is 4.79 Å². The first-order valence-corrected chi connectivity index (χ1v) is 9.57. The summed E-state index contributed by atoms with van der Waals surface area (Å²) in [5.74, 6) is -5.65. The fourth-order valence-corrected chi connectivity index (χ4v) is 3.51. The minimum absolute atomic E-state index is 0. The van der Waals surface area contributed by atoms with E-state index in [1.165, 1.54) is 12.1 Å². The predicted octanol–water partition coefficient (Wildman–Crippen LogP) is 3.37. The fourth-order valence-electron chi connectivity index (χ4n) is 3.27. The Morgan fingerprint density at radius 2 is 1.66 bits per heavy atom. The first-order chi connectivity index (χ1) is 14.7. The molecule has 3 rings (SSSR count). The number of hydrogen-bond donors (Lipinski definition) is 3. The Labute approximate surface area is 208 Å². The summed E-state index contributed by atoms with van der Waals surface area (Å²) in [5.41, 5.74) is 0.0417. The maximum absolute atomic E-state index is 13.8. The molecule has 12 heteroatoms. The van der Waals surface area contributed by atoms with Gasteiger partial charge in [-0.25, -0.2) is 18.0 Å². The second-order valence-corrected chi connectivity index (χ2v) is 7.32. The van der Waals surface area contributed by atoms with Gasteiger partial charge in [-0.1, -0.05) is 11.6 Å².